The van der Waals surface area contributed by atoms with Crippen molar-refractivity contribution in [1.29, 1.82) is 0 Å². The summed E-state index contributed by atoms with van der Waals surface area (Å²) in [5, 5.41) is 0. The molecule has 0 amide bonds. The summed E-state index contributed by atoms with van der Waals surface area (Å²) in [6.07, 6.45) is 4.13. The van der Waals surface area contributed by atoms with E-state index in [2.05, 4.69) is 37.7 Å². The largest absolute Gasteiger partial charge is 0.346 e. The van der Waals surface area contributed by atoms with Gasteiger partial charge in [0.25, 0.3) is 0 Å². The number of nitrogens with zero attached hydrogens (tertiary/aromatic N) is 1. The number of nitrogens with one attached hydrogen (secondary N) is 1. The number of halogens is 1. The number of hydrogen-bond donors (Lipinski definition) is 1. The standard InChI is InChI=1S/C11H20N2.ClH.H3P/c1-8(2)5-10-7-12-11(13-10)6-9(3)4;;/h7-9H,5-6H2,1-4H3,(H,12,13);1H;1H3. The molecule has 1 aromatic rings. The highest BCUT2D eigenvalue weighted by Crippen LogP contribution is 2.08. The van der Waals surface area contributed by atoms with E-state index < -0.39 is 0 Å². The van der Waals surface area contributed by atoms with Gasteiger partial charge in [-0.25, -0.2) is 4.98 Å². The summed E-state index contributed by atoms with van der Waals surface area (Å²) in [6, 6.07) is 0. The number of imidazole rings is 1. The lowest BCUT2D eigenvalue weighted by molar-refractivity contribution is 0.616. The Hall–Kier alpha value is -0.0700. The molecule has 0 aliphatic carbocycles. The van der Waals surface area contributed by atoms with Crippen LogP contribution < -0.4 is 0 Å². The van der Waals surface area contributed by atoms with Gasteiger partial charge in [0.2, 0.25) is 0 Å². The van der Waals surface area contributed by atoms with Crippen LogP contribution in [-0.4, -0.2) is 9.97 Å². The quantitative estimate of drug-likeness (QED) is 0.817. The van der Waals surface area contributed by atoms with Crippen LogP contribution in [0.15, 0.2) is 6.20 Å². The number of aromatic nitrogens is 2. The van der Waals surface area contributed by atoms with Crippen LogP contribution in [0.3, 0.4) is 0 Å². The maximum absolute atomic E-state index is 4.35. The van der Waals surface area contributed by atoms with E-state index in [-0.39, 0.29) is 22.3 Å². The number of hydrogen-bond acceptors (Lipinski definition) is 1. The summed E-state index contributed by atoms with van der Waals surface area (Å²) in [7, 11) is 0. The van der Waals surface area contributed by atoms with Gasteiger partial charge in [0.15, 0.2) is 0 Å². The molecule has 2 nitrogen and oxygen atoms in total. The predicted molar refractivity (Wildman–Crippen MR) is 74.0 cm³/mol. The monoisotopic (exact) mass is 250 g/mol. The van der Waals surface area contributed by atoms with Gasteiger partial charge in [0, 0.05) is 18.3 Å². The van der Waals surface area contributed by atoms with Gasteiger partial charge in [0.05, 0.1) is 0 Å². The van der Waals surface area contributed by atoms with Crippen molar-refractivity contribution in [3.05, 3.63) is 17.7 Å². The van der Waals surface area contributed by atoms with Gasteiger partial charge < -0.3 is 4.98 Å². The van der Waals surface area contributed by atoms with E-state index in [9.17, 15) is 0 Å². The first-order chi connectivity index (χ1) is 6.08. The van der Waals surface area contributed by atoms with Gasteiger partial charge in [-0.1, -0.05) is 27.7 Å². The second-order valence-electron chi connectivity index (χ2n) is 4.55. The molecule has 0 saturated heterocycles. The minimum atomic E-state index is 0. The van der Waals surface area contributed by atoms with Crippen molar-refractivity contribution in [2.45, 2.75) is 40.5 Å². The molecule has 0 saturated carbocycles. The zero-order valence-corrected chi connectivity index (χ0v) is 12.4. The van der Waals surface area contributed by atoms with Gasteiger partial charge in [-0.3, -0.25) is 0 Å². The summed E-state index contributed by atoms with van der Waals surface area (Å²) in [6.45, 7) is 8.88. The van der Waals surface area contributed by atoms with Crippen molar-refractivity contribution in [2.24, 2.45) is 11.8 Å². The fraction of sp³-hybridized carbons (Fsp3) is 0.727. The zero-order valence-electron chi connectivity index (χ0n) is 10.2. The van der Waals surface area contributed by atoms with Crippen molar-refractivity contribution in [2.75, 3.05) is 0 Å². The number of aromatic amines is 1. The SMILES string of the molecule is CC(C)Cc1cnc(CC(C)C)[nH]1.Cl.P. The lowest BCUT2D eigenvalue weighted by atomic mass is 10.1. The molecule has 0 aliphatic heterocycles. The average molecular weight is 251 g/mol. The normalized spacial score (nSPS) is 10.0. The van der Waals surface area contributed by atoms with Crippen LogP contribution in [0.25, 0.3) is 0 Å². The summed E-state index contributed by atoms with van der Waals surface area (Å²) < 4.78 is 0. The minimum absolute atomic E-state index is 0. The topological polar surface area (TPSA) is 28.7 Å². The summed E-state index contributed by atoms with van der Waals surface area (Å²) in [5.41, 5.74) is 1.27. The Kier molecular flexibility index (Phi) is 9.39. The Morgan fingerprint density at radius 2 is 1.67 bits per heavy atom. The van der Waals surface area contributed by atoms with E-state index in [0.29, 0.717) is 11.8 Å². The first kappa shape index (κ1) is 17.3. The van der Waals surface area contributed by atoms with Crippen LogP contribution in [0.2, 0.25) is 0 Å². The van der Waals surface area contributed by atoms with Crippen LogP contribution in [0.1, 0.15) is 39.2 Å². The molecule has 0 bridgehead atoms. The molecule has 0 aromatic carbocycles. The molecular weight excluding hydrogens is 227 g/mol. The Bertz CT molecular complexity index is 234. The van der Waals surface area contributed by atoms with Crippen LogP contribution in [0, 0.1) is 11.8 Å². The van der Waals surface area contributed by atoms with E-state index >= 15 is 0 Å². The third-order valence-corrected chi connectivity index (χ3v) is 1.91. The smallest absolute Gasteiger partial charge is 0.106 e. The highest BCUT2D eigenvalue weighted by Gasteiger charge is 2.04. The molecule has 0 spiro atoms. The van der Waals surface area contributed by atoms with Crippen molar-refractivity contribution in [3.8, 4) is 0 Å². The van der Waals surface area contributed by atoms with Crippen LogP contribution in [0.4, 0.5) is 0 Å². The van der Waals surface area contributed by atoms with E-state index in [1.165, 1.54) is 5.69 Å². The molecule has 0 aliphatic rings. The minimum Gasteiger partial charge on any atom is -0.346 e. The molecule has 15 heavy (non-hydrogen) atoms. The second-order valence-corrected chi connectivity index (χ2v) is 4.55. The highest BCUT2D eigenvalue weighted by atomic mass is 35.5. The molecule has 4 heteroatoms. The third-order valence-electron chi connectivity index (χ3n) is 1.91. The van der Waals surface area contributed by atoms with E-state index in [4.69, 9.17) is 0 Å². The lowest BCUT2D eigenvalue weighted by Crippen LogP contribution is -1.97. The third kappa shape index (κ3) is 6.92. The molecule has 1 atom stereocenters. The molecule has 1 heterocycles. The van der Waals surface area contributed by atoms with Gasteiger partial charge in [-0.05, 0) is 18.3 Å². The first-order valence-electron chi connectivity index (χ1n) is 5.10. The lowest BCUT2D eigenvalue weighted by Gasteiger charge is -2.01. The van der Waals surface area contributed by atoms with E-state index in [1.807, 2.05) is 6.20 Å². The molecule has 90 valence electrons. The van der Waals surface area contributed by atoms with Gasteiger partial charge in [0.1, 0.15) is 5.82 Å². The van der Waals surface area contributed by atoms with E-state index in [1.54, 1.807) is 0 Å². The molecule has 1 unspecified atom stereocenters. The fourth-order valence-electron chi connectivity index (χ4n) is 1.44. The van der Waals surface area contributed by atoms with Crippen molar-refractivity contribution < 1.29 is 0 Å². The van der Waals surface area contributed by atoms with Crippen LogP contribution >= 0.6 is 22.3 Å². The van der Waals surface area contributed by atoms with Gasteiger partial charge in [-0.15, -0.1) is 12.4 Å². The molecule has 0 radical (unpaired) electrons. The first-order valence-corrected chi connectivity index (χ1v) is 5.10. The Labute approximate surface area is 103 Å². The van der Waals surface area contributed by atoms with Gasteiger partial charge in [-0.2, -0.15) is 9.90 Å². The van der Waals surface area contributed by atoms with Crippen LogP contribution in [-0.2, 0) is 12.8 Å². The molecular formula is C11H24ClN2P. The highest BCUT2D eigenvalue weighted by molar-refractivity contribution is 6.92. The van der Waals surface area contributed by atoms with Gasteiger partial charge >= 0.3 is 0 Å². The maximum Gasteiger partial charge on any atom is 0.106 e. The second kappa shape index (κ2) is 8.13. The maximum atomic E-state index is 4.35. The summed E-state index contributed by atoms with van der Waals surface area (Å²) >= 11 is 0. The summed E-state index contributed by atoms with van der Waals surface area (Å²) in [5.74, 6) is 2.51. The van der Waals surface area contributed by atoms with Crippen molar-refractivity contribution in [3.63, 3.8) is 0 Å². The zero-order chi connectivity index (χ0) is 9.84. The molecule has 1 aromatic heterocycles. The van der Waals surface area contributed by atoms with Crippen molar-refractivity contribution in [1.82, 2.24) is 9.97 Å². The molecule has 0 fully saturated rings. The fourth-order valence-corrected chi connectivity index (χ4v) is 1.44. The number of H-pyrrole nitrogens is 1. The van der Waals surface area contributed by atoms with E-state index in [0.717, 1.165) is 18.7 Å². The molecule has 1 rings (SSSR count). The summed E-state index contributed by atoms with van der Waals surface area (Å²) in [4.78, 5) is 7.72. The van der Waals surface area contributed by atoms with Crippen molar-refractivity contribution >= 4 is 22.3 Å². The Morgan fingerprint density at radius 1 is 1.13 bits per heavy atom. The Balaban J connectivity index is 0. The Morgan fingerprint density at radius 3 is 2.13 bits per heavy atom. The average Bonchev–Trinajstić information content (AvgIpc) is 2.33. The predicted octanol–water partition coefficient (Wildman–Crippen LogP) is 3.29. The molecule has 1 N–H and O–H groups in total. The van der Waals surface area contributed by atoms with Crippen LogP contribution in [0.5, 0.6) is 0 Å². The number of rotatable bonds is 4.